The molecule has 0 saturated heterocycles. The first kappa shape index (κ1) is 12.9. The maximum atomic E-state index is 5.94. The first-order valence-corrected chi connectivity index (χ1v) is 6.75. The second-order valence-corrected chi connectivity index (χ2v) is 4.70. The molecule has 0 aliphatic rings. The normalized spacial score (nSPS) is 12.5. The van der Waals surface area contributed by atoms with E-state index in [0.717, 1.165) is 12.2 Å². The van der Waals surface area contributed by atoms with E-state index >= 15 is 0 Å². The third-order valence-electron chi connectivity index (χ3n) is 1.92. The number of thioether (sulfide) groups is 1. The molecule has 0 amide bonds. The van der Waals surface area contributed by atoms with Crippen LogP contribution in [-0.2, 0) is 0 Å². The lowest BCUT2D eigenvalue weighted by atomic mass is 10.2. The highest BCUT2D eigenvalue weighted by molar-refractivity contribution is 7.98. The molecule has 0 spiro atoms. The molecule has 1 heterocycles. The molecule has 1 aromatic rings. The number of nitrogens with one attached hydrogen (secondary N) is 1. The monoisotopic (exact) mass is 265 g/mol. The number of anilines is 1. The van der Waals surface area contributed by atoms with Gasteiger partial charge in [-0.05, 0) is 24.3 Å². The van der Waals surface area contributed by atoms with Crippen molar-refractivity contribution in [2.24, 2.45) is 0 Å². The fraction of sp³-hybridized carbons (Fsp3) is 0.556. The Morgan fingerprint density at radius 2 is 2.27 bits per heavy atom. The molecule has 0 aliphatic heterocycles. The zero-order valence-electron chi connectivity index (χ0n) is 8.63. The van der Waals surface area contributed by atoms with Crippen LogP contribution >= 0.6 is 35.0 Å². The van der Waals surface area contributed by atoms with Gasteiger partial charge >= 0.3 is 0 Å². The van der Waals surface area contributed by atoms with Gasteiger partial charge in [-0.25, -0.2) is 4.98 Å². The SMILES string of the molecule is CCC(CSC)Nc1nc(Cl)ncc1Cl. The van der Waals surface area contributed by atoms with Crippen LogP contribution in [0.15, 0.2) is 6.20 Å². The van der Waals surface area contributed by atoms with E-state index in [1.807, 2.05) is 0 Å². The Kier molecular flexibility index (Phi) is 5.50. The molecule has 84 valence electrons. The summed E-state index contributed by atoms with van der Waals surface area (Å²) in [5.41, 5.74) is 0. The molecular formula is C9H13Cl2N3S. The average Bonchev–Trinajstić information content (AvgIpc) is 2.22. The second-order valence-electron chi connectivity index (χ2n) is 3.04. The third-order valence-corrected chi connectivity index (χ3v) is 3.11. The smallest absolute Gasteiger partial charge is 0.224 e. The van der Waals surface area contributed by atoms with Gasteiger partial charge in [0.1, 0.15) is 10.8 Å². The van der Waals surface area contributed by atoms with E-state index in [1.54, 1.807) is 11.8 Å². The van der Waals surface area contributed by atoms with Gasteiger partial charge in [-0.1, -0.05) is 18.5 Å². The Hall–Kier alpha value is -0.190. The van der Waals surface area contributed by atoms with Crippen molar-refractivity contribution in [1.29, 1.82) is 0 Å². The molecule has 3 nitrogen and oxygen atoms in total. The number of halogens is 2. The van der Waals surface area contributed by atoms with Crippen LogP contribution in [0.4, 0.5) is 5.82 Å². The summed E-state index contributed by atoms with van der Waals surface area (Å²) in [5, 5.41) is 3.96. The van der Waals surface area contributed by atoms with Gasteiger partial charge in [0, 0.05) is 11.8 Å². The van der Waals surface area contributed by atoms with Crippen LogP contribution in [0, 0.1) is 0 Å². The topological polar surface area (TPSA) is 37.8 Å². The third kappa shape index (κ3) is 4.05. The van der Waals surface area contributed by atoms with Crippen LogP contribution in [0.25, 0.3) is 0 Å². The Morgan fingerprint density at radius 1 is 1.53 bits per heavy atom. The summed E-state index contributed by atoms with van der Waals surface area (Å²) in [5.74, 6) is 1.62. The van der Waals surface area contributed by atoms with Gasteiger partial charge in [-0.15, -0.1) is 0 Å². The molecule has 0 bridgehead atoms. The lowest BCUT2D eigenvalue weighted by Gasteiger charge is -2.16. The van der Waals surface area contributed by atoms with Gasteiger partial charge in [-0.2, -0.15) is 16.7 Å². The molecule has 0 aromatic carbocycles. The first-order chi connectivity index (χ1) is 7.17. The minimum Gasteiger partial charge on any atom is -0.365 e. The fourth-order valence-corrected chi connectivity index (χ4v) is 2.10. The van der Waals surface area contributed by atoms with Crippen molar-refractivity contribution in [1.82, 2.24) is 9.97 Å². The minimum absolute atomic E-state index is 0.209. The number of aromatic nitrogens is 2. The lowest BCUT2D eigenvalue weighted by Crippen LogP contribution is -2.22. The van der Waals surface area contributed by atoms with Crippen molar-refractivity contribution in [3.8, 4) is 0 Å². The highest BCUT2D eigenvalue weighted by atomic mass is 35.5. The summed E-state index contributed by atoms with van der Waals surface area (Å²) in [6.07, 6.45) is 4.59. The predicted octanol–water partition coefficient (Wildman–Crippen LogP) is 3.34. The Balaban J connectivity index is 2.73. The molecular weight excluding hydrogens is 253 g/mol. The zero-order chi connectivity index (χ0) is 11.3. The molecule has 1 unspecified atom stereocenters. The van der Waals surface area contributed by atoms with E-state index in [-0.39, 0.29) is 5.28 Å². The van der Waals surface area contributed by atoms with Gasteiger partial charge in [0.05, 0.1) is 6.20 Å². The number of rotatable bonds is 5. The van der Waals surface area contributed by atoms with Crippen molar-refractivity contribution in [2.45, 2.75) is 19.4 Å². The molecule has 15 heavy (non-hydrogen) atoms. The fourth-order valence-electron chi connectivity index (χ4n) is 1.10. The zero-order valence-corrected chi connectivity index (χ0v) is 11.0. The van der Waals surface area contributed by atoms with Gasteiger partial charge < -0.3 is 5.32 Å². The van der Waals surface area contributed by atoms with Gasteiger partial charge in [0.25, 0.3) is 0 Å². The molecule has 1 aromatic heterocycles. The van der Waals surface area contributed by atoms with E-state index in [4.69, 9.17) is 23.2 Å². The van der Waals surface area contributed by atoms with E-state index in [9.17, 15) is 0 Å². The number of nitrogens with zero attached hydrogens (tertiary/aromatic N) is 2. The standard InChI is InChI=1S/C9H13Cl2N3S/c1-3-6(5-15-2)13-8-7(10)4-12-9(11)14-8/h4,6H,3,5H2,1-2H3,(H,12,13,14). The molecule has 1 N–H and O–H groups in total. The lowest BCUT2D eigenvalue weighted by molar-refractivity contribution is 0.769. The highest BCUT2D eigenvalue weighted by Crippen LogP contribution is 2.21. The van der Waals surface area contributed by atoms with Gasteiger partial charge in [0.2, 0.25) is 5.28 Å². The van der Waals surface area contributed by atoms with Crippen LogP contribution in [0.3, 0.4) is 0 Å². The molecule has 0 fully saturated rings. The Morgan fingerprint density at radius 3 is 2.87 bits per heavy atom. The maximum absolute atomic E-state index is 5.94. The van der Waals surface area contributed by atoms with Crippen molar-refractivity contribution in [3.63, 3.8) is 0 Å². The van der Waals surface area contributed by atoms with Gasteiger partial charge in [-0.3, -0.25) is 0 Å². The Labute approximate surface area is 104 Å². The van der Waals surface area contributed by atoms with Crippen molar-refractivity contribution < 1.29 is 0 Å². The maximum Gasteiger partial charge on any atom is 0.224 e. The summed E-state index contributed by atoms with van der Waals surface area (Å²) < 4.78 is 0. The molecule has 0 saturated carbocycles. The summed E-state index contributed by atoms with van der Waals surface area (Å²) in [4.78, 5) is 7.84. The molecule has 0 aliphatic carbocycles. The van der Waals surface area contributed by atoms with Crippen molar-refractivity contribution in [3.05, 3.63) is 16.5 Å². The average molecular weight is 266 g/mol. The summed E-state index contributed by atoms with van der Waals surface area (Å²) >= 11 is 13.4. The van der Waals surface area contributed by atoms with E-state index in [0.29, 0.717) is 16.9 Å². The molecule has 0 radical (unpaired) electrons. The van der Waals surface area contributed by atoms with E-state index in [2.05, 4.69) is 28.5 Å². The summed E-state index contributed by atoms with van der Waals surface area (Å²) in [6.45, 7) is 2.12. The van der Waals surface area contributed by atoms with Gasteiger partial charge in [0.15, 0.2) is 0 Å². The number of hydrogen-bond acceptors (Lipinski definition) is 4. The largest absolute Gasteiger partial charge is 0.365 e. The van der Waals surface area contributed by atoms with Crippen LogP contribution in [-0.4, -0.2) is 28.0 Å². The first-order valence-electron chi connectivity index (χ1n) is 4.60. The quantitative estimate of drug-likeness (QED) is 0.829. The van der Waals surface area contributed by atoms with Crippen LogP contribution < -0.4 is 5.32 Å². The summed E-state index contributed by atoms with van der Waals surface area (Å²) in [7, 11) is 0. The van der Waals surface area contributed by atoms with Crippen LogP contribution in [0.2, 0.25) is 10.3 Å². The highest BCUT2D eigenvalue weighted by Gasteiger charge is 2.09. The van der Waals surface area contributed by atoms with Crippen LogP contribution in [0.5, 0.6) is 0 Å². The van der Waals surface area contributed by atoms with E-state index in [1.165, 1.54) is 6.20 Å². The predicted molar refractivity (Wildman–Crippen MR) is 68.1 cm³/mol. The number of hydrogen-bond donors (Lipinski definition) is 1. The van der Waals surface area contributed by atoms with E-state index < -0.39 is 0 Å². The van der Waals surface area contributed by atoms with Crippen molar-refractivity contribution in [2.75, 3.05) is 17.3 Å². The molecule has 1 atom stereocenters. The van der Waals surface area contributed by atoms with Crippen molar-refractivity contribution >= 4 is 40.8 Å². The van der Waals surface area contributed by atoms with Crippen LogP contribution in [0.1, 0.15) is 13.3 Å². The second kappa shape index (κ2) is 6.40. The Bertz CT molecular complexity index is 322. The molecule has 1 rings (SSSR count). The minimum atomic E-state index is 0.209. The molecule has 6 heteroatoms. The summed E-state index contributed by atoms with van der Waals surface area (Å²) in [6, 6.07) is 0.350.